The van der Waals surface area contributed by atoms with Gasteiger partial charge in [0, 0.05) is 38.4 Å². The monoisotopic (exact) mass is 367 g/mol. The molecule has 2 heterocycles. The molecule has 5 nitrogen and oxygen atoms in total. The van der Waals surface area contributed by atoms with Gasteiger partial charge in [0.2, 0.25) is 5.91 Å². The first-order valence-corrected chi connectivity index (χ1v) is 8.59. The molecule has 0 aromatic rings. The van der Waals surface area contributed by atoms with Crippen LogP contribution in [0.4, 0.5) is 0 Å². The molecule has 3 N–H and O–H groups in total. The number of hydrogen-bond acceptors (Lipinski definition) is 4. The van der Waals surface area contributed by atoms with E-state index in [0.29, 0.717) is 32.1 Å². The number of rotatable bonds is 3. The van der Waals surface area contributed by atoms with Gasteiger partial charge in [-0.05, 0) is 38.5 Å². The van der Waals surface area contributed by atoms with Gasteiger partial charge in [-0.1, -0.05) is 12.8 Å². The Kier molecular flexibility index (Phi) is 8.59. The quantitative estimate of drug-likeness (QED) is 0.798. The third kappa shape index (κ3) is 5.20. The predicted molar refractivity (Wildman–Crippen MR) is 96.5 cm³/mol. The van der Waals surface area contributed by atoms with E-state index in [9.17, 15) is 4.79 Å². The van der Waals surface area contributed by atoms with E-state index in [0.717, 1.165) is 32.0 Å². The van der Waals surface area contributed by atoms with Crippen LogP contribution in [0.3, 0.4) is 0 Å². The lowest BCUT2D eigenvalue weighted by molar-refractivity contribution is -0.130. The topological polar surface area (TPSA) is 67.6 Å². The van der Waals surface area contributed by atoms with Crippen LogP contribution in [0.5, 0.6) is 0 Å². The van der Waals surface area contributed by atoms with Crippen LogP contribution >= 0.6 is 24.8 Å². The summed E-state index contributed by atoms with van der Waals surface area (Å²) in [6, 6.07) is 1.11. The second kappa shape index (κ2) is 9.42. The first-order valence-electron chi connectivity index (χ1n) is 8.59. The molecule has 2 aliphatic heterocycles. The average molecular weight is 368 g/mol. The van der Waals surface area contributed by atoms with Crippen LogP contribution in [0.1, 0.15) is 51.4 Å². The van der Waals surface area contributed by atoms with E-state index in [1.54, 1.807) is 0 Å². The lowest BCUT2D eigenvalue weighted by Crippen LogP contribution is -2.59. The predicted octanol–water partition coefficient (Wildman–Crippen LogP) is 1.86. The number of amides is 1. The number of nitrogens with one attached hydrogen (secondary N) is 1. The first-order chi connectivity index (χ1) is 10.2. The van der Waals surface area contributed by atoms with E-state index in [1.807, 2.05) is 0 Å². The van der Waals surface area contributed by atoms with Gasteiger partial charge < -0.3 is 20.7 Å². The molecule has 0 unspecified atom stereocenters. The Labute approximate surface area is 151 Å². The van der Waals surface area contributed by atoms with E-state index in [4.69, 9.17) is 10.5 Å². The fourth-order valence-corrected chi connectivity index (χ4v) is 3.97. The Morgan fingerprint density at radius 2 is 1.61 bits per heavy atom. The summed E-state index contributed by atoms with van der Waals surface area (Å²) in [5.41, 5.74) is 5.54. The number of likely N-dealkylation sites (tertiary alicyclic amines) is 1. The van der Waals surface area contributed by atoms with E-state index >= 15 is 0 Å². The highest BCUT2D eigenvalue weighted by atomic mass is 35.5. The number of halogens is 2. The fourth-order valence-electron chi connectivity index (χ4n) is 3.97. The second-order valence-electron chi connectivity index (χ2n) is 6.99. The van der Waals surface area contributed by atoms with Crippen molar-refractivity contribution in [2.75, 3.05) is 26.3 Å². The molecule has 3 rings (SSSR count). The van der Waals surface area contributed by atoms with Gasteiger partial charge >= 0.3 is 0 Å². The lowest BCUT2D eigenvalue weighted by atomic mass is 9.89. The maximum Gasteiger partial charge on any atom is 0.240 e. The van der Waals surface area contributed by atoms with Gasteiger partial charge in [0.05, 0.1) is 5.54 Å². The summed E-state index contributed by atoms with van der Waals surface area (Å²) in [6.45, 7) is 3.45. The van der Waals surface area contributed by atoms with Crippen molar-refractivity contribution in [2.45, 2.75) is 69.0 Å². The van der Waals surface area contributed by atoms with Crippen LogP contribution in [-0.4, -0.2) is 54.7 Å². The molecule has 1 amide bonds. The van der Waals surface area contributed by atoms with Gasteiger partial charge in [-0.3, -0.25) is 4.79 Å². The third-order valence-corrected chi connectivity index (χ3v) is 5.54. The van der Waals surface area contributed by atoms with Crippen molar-refractivity contribution in [3.63, 3.8) is 0 Å². The maximum absolute atomic E-state index is 12.4. The lowest BCUT2D eigenvalue weighted by Gasteiger charge is -2.38. The summed E-state index contributed by atoms with van der Waals surface area (Å²) in [5.74, 6) is 0.0325. The summed E-state index contributed by atoms with van der Waals surface area (Å²) in [7, 11) is 0. The second-order valence-corrected chi connectivity index (χ2v) is 6.99. The highest BCUT2D eigenvalue weighted by Crippen LogP contribution is 2.26. The molecule has 1 aliphatic carbocycles. The summed E-state index contributed by atoms with van der Waals surface area (Å²) >= 11 is 0. The van der Waals surface area contributed by atoms with Gasteiger partial charge in [-0.2, -0.15) is 0 Å². The molecule has 3 aliphatic rings. The van der Waals surface area contributed by atoms with Gasteiger partial charge in [0.15, 0.2) is 0 Å². The van der Waals surface area contributed by atoms with E-state index in [1.165, 1.54) is 25.7 Å². The van der Waals surface area contributed by atoms with Crippen LogP contribution in [0.2, 0.25) is 0 Å². The number of hydrogen-bond donors (Lipinski definition) is 2. The van der Waals surface area contributed by atoms with Gasteiger partial charge in [-0.25, -0.2) is 0 Å². The SMILES string of the molecule is Cl.Cl.NC1(C(=O)NC2CCN(C3CCCC3)CC2)CCOCC1. The van der Waals surface area contributed by atoms with Crippen molar-refractivity contribution in [1.82, 2.24) is 10.2 Å². The van der Waals surface area contributed by atoms with Crippen LogP contribution < -0.4 is 11.1 Å². The minimum atomic E-state index is -0.708. The Morgan fingerprint density at radius 3 is 2.17 bits per heavy atom. The van der Waals surface area contributed by atoms with Crippen molar-refractivity contribution in [3.05, 3.63) is 0 Å². The molecular weight excluding hydrogens is 337 g/mol. The van der Waals surface area contributed by atoms with E-state index < -0.39 is 5.54 Å². The molecule has 3 fully saturated rings. The molecular formula is C16H31Cl2N3O2. The minimum Gasteiger partial charge on any atom is -0.381 e. The summed E-state index contributed by atoms with van der Waals surface area (Å²) in [5, 5.41) is 3.19. The first kappa shape index (κ1) is 21.0. The zero-order valence-electron chi connectivity index (χ0n) is 13.8. The van der Waals surface area contributed by atoms with Crippen LogP contribution in [-0.2, 0) is 9.53 Å². The third-order valence-electron chi connectivity index (χ3n) is 5.54. The highest BCUT2D eigenvalue weighted by Gasteiger charge is 2.37. The molecule has 2 saturated heterocycles. The normalized spacial score (nSPS) is 26.1. The molecule has 23 heavy (non-hydrogen) atoms. The maximum atomic E-state index is 12.4. The molecule has 0 atom stereocenters. The molecule has 0 aromatic heterocycles. The van der Waals surface area contributed by atoms with Gasteiger partial charge in [0.25, 0.3) is 0 Å². The summed E-state index contributed by atoms with van der Waals surface area (Å²) in [6.07, 6.45) is 8.91. The minimum absolute atomic E-state index is 0. The standard InChI is InChI=1S/C16H29N3O2.2ClH/c17-16(7-11-21-12-8-16)15(20)18-13-5-9-19(10-6-13)14-3-1-2-4-14;;/h13-14H,1-12,17H2,(H,18,20);2*1H. The Morgan fingerprint density at radius 1 is 1.04 bits per heavy atom. The summed E-state index contributed by atoms with van der Waals surface area (Å²) in [4.78, 5) is 15.0. The molecule has 0 aromatic carbocycles. The zero-order valence-corrected chi connectivity index (χ0v) is 15.4. The Hall–Kier alpha value is -0.0700. The largest absolute Gasteiger partial charge is 0.381 e. The number of carbonyl (C=O) groups is 1. The smallest absolute Gasteiger partial charge is 0.240 e. The highest BCUT2D eigenvalue weighted by molar-refractivity contribution is 5.86. The van der Waals surface area contributed by atoms with Crippen LogP contribution in [0.15, 0.2) is 0 Å². The molecule has 0 bridgehead atoms. The van der Waals surface area contributed by atoms with Gasteiger partial charge in [0.1, 0.15) is 0 Å². The van der Waals surface area contributed by atoms with Crippen molar-refractivity contribution < 1.29 is 9.53 Å². The van der Waals surface area contributed by atoms with Crippen molar-refractivity contribution in [2.24, 2.45) is 5.73 Å². The van der Waals surface area contributed by atoms with Crippen LogP contribution in [0, 0.1) is 0 Å². The molecule has 1 saturated carbocycles. The fraction of sp³-hybridized carbons (Fsp3) is 0.938. The molecule has 136 valence electrons. The molecule has 0 radical (unpaired) electrons. The molecule has 7 heteroatoms. The Balaban J connectivity index is 0.00000132. The number of ether oxygens (including phenoxy) is 1. The average Bonchev–Trinajstić information content (AvgIpc) is 3.03. The number of piperidine rings is 1. The van der Waals surface area contributed by atoms with Crippen molar-refractivity contribution in [3.8, 4) is 0 Å². The van der Waals surface area contributed by atoms with Gasteiger partial charge in [-0.15, -0.1) is 24.8 Å². The van der Waals surface area contributed by atoms with Crippen molar-refractivity contribution in [1.29, 1.82) is 0 Å². The summed E-state index contributed by atoms with van der Waals surface area (Å²) < 4.78 is 5.31. The number of nitrogens with zero attached hydrogens (tertiary/aromatic N) is 1. The number of nitrogens with two attached hydrogens (primary N) is 1. The van der Waals surface area contributed by atoms with Crippen LogP contribution in [0.25, 0.3) is 0 Å². The van der Waals surface area contributed by atoms with Crippen molar-refractivity contribution >= 4 is 30.7 Å². The van der Waals surface area contributed by atoms with E-state index in [2.05, 4.69) is 10.2 Å². The van der Waals surface area contributed by atoms with E-state index in [-0.39, 0.29) is 30.7 Å². The zero-order chi connectivity index (χ0) is 14.7. The molecule has 0 spiro atoms. The number of carbonyl (C=O) groups excluding carboxylic acids is 1. The Bertz CT molecular complexity index is 364.